The van der Waals surface area contributed by atoms with Crippen LogP contribution < -0.4 is 11.1 Å². The van der Waals surface area contributed by atoms with Gasteiger partial charge in [0.15, 0.2) is 0 Å². The van der Waals surface area contributed by atoms with Crippen molar-refractivity contribution in [3.05, 3.63) is 35.1 Å². The van der Waals surface area contributed by atoms with Crippen LogP contribution in [0.15, 0.2) is 35.1 Å². The minimum atomic E-state index is -0.0463. The molecule has 0 unspecified atom stereocenters. The van der Waals surface area contributed by atoms with Crippen LogP contribution in [0.3, 0.4) is 0 Å². The molecule has 3 heteroatoms. The van der Waals surface area contributed by atoms with E-state index in [4.69, 9.17) is 5.73 Å². The topological polar surface area (TPSA) is 55.1 Å². The molecule has 1 aliphatic rings. The molecule has 0 spiro atoms. The van der Waals surface area contributed by atoms with Crippen molar-refractivity contribution in [2.75, 3.05) is 7.05 Å². The SMILES string of the molecule is CNC(=O)C1=CC=C(C)C(N)=CC1. The molecule has 0 saturated heterocycles. The summed E-state index contributed by atoms with van der Waals surface area (Å²) in [5, 5.41) is 2.59. The maximum Gasteiger partial charge on any atom is 0.247 e. The Morgan fingerprint density at radius 3 is 2.85 bits per heavy atom. The lowest BCUT2D eigenvalue weighted by atomic mass is 10.1. The maximum atomic E-state index is 11.3. The van der Waals surface area contributed by atoms with Crippen molar-refractivity contribution < 1.29 is 4.79 Å². The fourth-order valence-electron chi connectivity index (χ4n) is 1.10. The molecule has 0 aliphatic heterocycles. The zero-order valence-corrected chi connectivity index (χ0v) is 7.92. The van der Waals surface area contributed by atoms with E-state index >= 15 is 0 Å². The molecule has 0 atom stereocenters. The highest BCUT2D eigenvalue weighted by Gasteiger charge is 2.07. The summed E-state index contributed by atoms with van der Waals surface area (Å²) in [5.41, 5.74) is 8.19. The third-order valence-corrected chi connectivity index (χ3v) is 2.05. The highest BCUT2D eigenvalue weighted by Crippen LogP contribution is 2.14. The van der Waals surface area contributed by atoms with E-state index in [0.29, 0.717) is 6.42 Å². The third-order valence-electron chi connectivity index (χ3n) is 2.05. The van der Waals surface area contributed by atoms with Gasteiger partial charge in [0, 0.05) is 18.3 Å². The molecule has 0 saturated carbocycles. The molecule has 70 valence electrons. The maximum absolute atomic E-state index is 11.3. The first-order valence-corrected chi connectivity index (χ1v) is 4.20. The van der Waals surface area contributed by atoms with E-state index in [0.717, 1.165) is 16.8 Å². The lowest BCUT2D eigenvalue weighted by molar-refractivity contribution is -0.117. The first-order valence-electron chi connectivity index (χ1n) is 4.20. The Balaban J connectivity index is 2.89. The normalized spacial score (nSPS) is 16.6. The molecule has 1 amide bonds. The van der Waals surface area contributed by atoms with Crippen molar-refractivity contribution in [2.24, 2.45) is 5.73 Å². The van der Waals surface area contributed by atoms with Crippen LogP contribution in [0.25, 0.3) is 0 Å². The Labute approximate surface area is 78.0 Å². The number of carbonyl (C=O) groups excluding carboxylic acids is 1. The predicted molar refractivity (Wildman–Crippen MR) is 52.8 cm³/mol. The second kappa shape index (κ2) is 3.94. The minimum Gasteiger partial charge on any atom is -0.399 e. The number of allylic oxidation sites excluding steroid dienone is 4. The molecular weight excluding hydrogens is 164 g/mol. The van der Waals surface area contributed by atoms with Crippen LogP contribution in [0.2, 0.25) is 0 Å². The van der Waals surface area contributed by atoms with Gasteiger partial charge in [-0.15, -0.1) is 0 Å². The molecule has 3 N–H and O–H groups in total. The number of hydrogen-bond acceptors (Lipinski definition) is 2. The smallest absolute Gasteiger partial charge is 0.247 e. The van der Waals surface area contributed by atoms with Crippen LogP contribution in [-0.2, 0) is 4.79 Å². The van der Waals surface area contributed by atoms with Crippen LogP contribution in [0.4, 0.5) is 0 Å². The number of rotatable bonds is 1. The van der Waals surface area contributed by atoms with E-state index in [1.165, 1.54) is 0 Å². The molecule has 0 heterocycles. The number of nitrogens with one attached hydrogen (secondary N) is 1. The monoisotopic (exact) mass is 178 g/mol. The van der Waals surface area contributed by atoms with Gasteiger partial charge >= 0.3 is 0 Å². The quantitative estimate of drug-likeness (QED) is 0.625. The van der Waals surface area contributed by atoms with Crippen molar-refractivity contribution in [1.82, 2.24) is 5.32 Å². The standard InChI is InChI=1S/C10H14N2O/c1-7-3-4-8(10(13)12-2)5-6-9(7)11/h3-4,6H,5,11H2,1-2H3,(H,12,13). The van der Waals surface area contributed by atoms with E-state index in [9.17, 15) is 4.79 Å². The molecule has 0 aromatic heterocycles. The summed E-state index contributed by atoms with van der Waals surface area (Å²) in [6.45, 7) is 1.93. The van der Waals surface area contributed by atoms with Crippen molar-refractivity contribution in [3.8, 4) is 0 Å². The van der Waals surface area contributed by atoms with Crippen molar-refractivity contribution in [1.29, 1.82) is 0 Å². The predicted octanol–water partition coefficient (Wildman–Crippen LogP) is 0.851. The Bertz CT molecular complexity index is 311. The van der Waals surface area contributed by atoms with Gasteiger partial charge in [-0.1, -0.05) is 18.2 Å². The van der Waals surface area contributed by atoms with Crippen LogP contribution in [0.5, 0.6) is 0 Å². The average Bonchev–Trinajstić information content (AvgIpc) is 2.30. The van der Waals surface area contributed by atoms with Gasteiger partial charge in [-0.2, -0.15) is 0 Å². The summed E-state index contributed by atoms with van der Waals surface area (Å²) in [5.74, 6) is -0.0463. The number of likely N-dealkylation sites (N-methyl/N-ethyl adjacent to an activating group) is 1. The Hall–Kier alpha value is -1.51. The van der Waals surface area contributed by atoms with Gasteiger partial charge in [-0.3, -0.25) is 4.79 Å². The summed E-state index contributed by atoms with van der Waals surface area (Å²) < 4.78 is 0. The van der Waals surface area contributed by atoms with Crippen LogP contribution in [0.1, 0.15) is 13.3 Å². The largest absolute Gasteiger partial charge is 0.399 e. The zero-order valence-electron chi connectivity index (χ0n) is 7.92. The zero-order chi connectivity index (χ0) is 9.84. The summed E-state index contributed by atoms with van der Waals surface area (Å²) in [6.07, 6.45) is 6.13. The molecule has 0 fully saturated rings. The van der Waals surface area contributed by atoms with Gasteiger partial charge < -0.3 is 11.1 Å². The van der Waals surface area contributed by atoms with Gasteiger partial charge in [0.2, 0.25) is 5.91 Å². The summed E-state index contributed by atoms with van der Waals surface area (Å²) in [6, 6.07) is 0. The number of carbonyl (C=O) groups is 1. The summed E-state index contributed by atoms with van der Waals surface area (Å²) in [4.78, 5) is 11.3. The third kappa shape index (κ3) is 2.21. The molecule has 0 bridgehead atoms. The van der Waals surface area contributed by atoms with E-state index in [1.807, 2.05) is 25.2 Å². The Kier molecular flexibility index (Phi) is 2.90. The van der Waals surface area contributed by atoms with Crippen LogP contribution in [-0.4, -0.2) is 13.0 Å². The number of amides is 1. The fourth-order valence-corrected chi connectivity index (χ4v) is 1.10. The highest BCUT2D eigenvalue weighted by molar-refractivity contribution is 5.93. The van der Waals surface area contributed by atoms with Gasteiger partial charge in [-0.25, -0.2) is 0 Å². The van der Waals surface area contributed by atoms with Crippen molar-refractivity contribution in [3.63, 3.8) is 0 Å². The highest BCUT2D eigenvalue weighted by atomic mass is 16.1. The van der Waals surface area contributed by atoms with Gasteiger partial charge in [0.05, 0.1) is 0 Å². The molecule has 13 heavy (non-hydrogen) atoms. The van der Waals surface area contributed by atoms with Crippen LogP contribution in [0, 0.1) is 0 Å². The summed E-state index contributed by atoms with van der Waals surface area (Å²) in [7, 11) is 1.62. The van der Waals surface area contributed by atoms with E-state index in [-0.39, 0.29) is 5.91 Å². The molecule has 0 aromatic rings. The first kappa shape index (κ1) is 9.58. The number of nitrogens with two attached hydrogens (primary N) is 1. The first-order chi connectivity index (χ1) is 6.15. The Morgan fingerprint density at radius 1 is 1.54 bits per heavy atom. The van der Waals surface area contributed by atoms with E-state index in [1.54, 1.807) is 7.05 Å². The average molecular weight is 178 g/mol. The van der Waals surface area contributed by atoms with Crippen molar-refractivity contribution in [2.45, 2.75) is 13.3 Å². The van der Waals surface area contributed by atoms with E-state index < -0.39 is 0 Å². The minimum absolute atomic E-state index is 0.0463. The molecule has 1 aliphatic carbocycles. The molecule has 1 rings (SSSR count). The summed E-state index contributed by atoms with van der Waals surface area (Å²) >= 11 is 0. The second-order valence-electron chi connectivity index (χ2n) is 2.98. The van der Waals surface area contributed by atoms with Crippen molar-refractivity contribution >= 4 is 5.91 Å². The molecule has 3 nitrogen and oxygen atoms in total. The molecule has 0 radical (unpaired) electrons. The lowest BCUT2D eigenvalue weighted by Gasteiger charge is -2.00. The number of hydrogen-bond donors (Lipinski definition) is 2. The van der Waals surface area contributed by atoms with Gasteiger partial charge in [-0.05, 0) is 18.9 Å². The van der Waals surface area contributed by atoms with Crippen LogP contribution >= 0.6 is 0 Å². The second-order valence-corrected chi connectivity index (χ2v) is 2.98. The fraction of sp³-hybridized carbons (Fsp3) is 0.300. The molecular formula is C10H14N2O. The van der Waals surface area contributed by atoms with E-state index in [2.05, 4.69) is 5.32 Å². The van der Waals surface area contributed by atoms with Gasteiger partial charge in [0.1, 0.15) is 0 Å². The Morgan fingerprint density at radius 2 is 2.23 bits per heavy atom. The van der Waals surface area contributed by atoms with Gasteiger partial charge in [0.25, 0.3) is 0 Å². The molecule has 0 aromatic carbocycles. The lowest BCUT2D eigenvalue weighted by Crippen LogP contribution is -2.19.